The molecule has 1 fully saturated rings. The first-order chi connectivity index (χ1) is 4.43. The third-order valence-corrected chi connectivity index (χ3v) is 1.59. The lowest BCUT2D eigenvalue weighted by atomic mass is 10.4. The fourth-order valence-electron chi connectivity index (χ4n) is 0.752. The van der Waals surface area contributed by atoms with Crippen molar-refractivity contribution in [1.29, 1.82) is 0 Å². The van der Waals surface area contributed by atoms with Gasteiger partial charge in [-0.05, 0) is 25.2 Å². The summed E-state index contributed by atoms with van der Waals surface area (Å²) in [5.41, 5.74) is 6.35. The molecule has 0 heterocycles. The maximum atomic E-state index is 3.20. The highest BCUT2D eigenvalue weighted by Gasteiger charge is 2.19. The lowest BCUT2D eigenvalue weighted by Gasteiger charge is -2.02. The van der Waals surface area contributed by atoms with Gasteiger partial charge in [-0.15, -0.1) is 0 Å². The van der Waals surface area contributed by atoms with Gasteiger partial charge in [0.15, 0.2) is 0 Å². The first kappa shape index (κ1) is 7.03. The van der Waals surface area contributed by atoms with Crippen molar-refractivity contribution in [3.63, 3.8) is 0 Å². The molecule has 1 aliphatic carbocycles. The topological polar surface area (TPSA) is 24.1 Å². The van der Waals surface area contributed by atoms with Gasteiger partial charge in [0.2, 0.25) is 0 Å². The van der Waals surface area contributed by atoms with E-state index in [0.717, 1.165) is 12.5 Å². The minimum Gasteiger partial charge on any atom is -0.258 e. The molecular weight excluding hydrogens is 112 g/mol. The molecule has 1 rings (SSSR count). The van der Waals surface area contributed by atoms with E-state index in [1.165, 1.54) is 25.8 Å². The predicted octanol–water partition coefficient (Wildman–Crippen LogP) is 0.901. The van der Waals surface area contributed by atoms with E-state index in [1.807, 2.05) is 0 Å². The van der Waals surface area contributed by atoms with Crippen LogP contribution in [0.1, 0.15) is 26.2 Å². The molecule has 0 unspecified atom stereocenters. The summed E-state index contributed by atoms with van der Waals surface area (Å²) in [6.07, 6.45) is 4.07. The van der Waals surface area contributed by atoms with Gasteiger partial charge in [0.25, 0.3) is 0 Å². The van der Waals surface area contributed by atoms with Crippen LogP contribution in [0.4, 0.5) is 0 Å². The number of hydrazine groups is 1. The van der Waals surface area contributed by atoms with Gasteiger partial charge in [-0.2, -0.15) is 0 Å². The lowest BCUT2D eigenvalue weighted by Crippen LogP contribution is -2.33. The van der Waals surface area contributed by atoms with Crippen LogP contribution >= 0.6 is 0 Å². The monoisotopic (exact) mass is 128 g/mol. The van der Waals surface area contributed by atoms with Gasteiger partial charge in [-0.1, -0.05) is 6.92 Å². The van der Waals surface area contributed by atoms with Crippen molar-refractivity contribution in [2.24, 2.45) is 5.92 Å². The number of hydrogen-bond acceptors (Lipinski definition) is 2. The highest BCUT2D eigenvalue weighted by atomic mass is 15.3. The summed E-state index contributed by atoms with van der Waals surface area (Å²) >= 11 is 0. The normalized spacial score (nSPS) is 18.3. The molecule has 0 aromatic heterocycles. The third kappa shape index (κ3) is 3.49. The van der Waals surface area contributed by atoms with Gasteiger partial charge in [0.1, 0.15) is 0 Å². The zero-order valence-corrected chi connectivity index (χ0v) is 6.11. The molecule has 0 radical (unpaired) electrons. The molecule has 0 aliphatic heterocycles. The SMILES string of the molecule is CCCNNCC1CC1. The molecule has 0 aromatic rings. The second kappa shape index (κ2) is 3.85. The van der Waals surface area contributed by atoms with Crippen LogP contribution in [0.5, 0.6) is 0 Å². The molecule has 0 bridgehead atoms. The van der Waals surface area contributed by atoms with E-state index in [0.29, 0.717) is 0 Å². The van der Waals surface area contributed by atoms with Gasteiger partial charge in [-0.3, -0.25) is 10.9 Å². The maximum Gasteiger partial charge on any atom is 0.0128 e. The standard InChI is InChI=1S/C7H16N2/c1-2-5-8-9-6-7-3-4-7/h7-9H,2-6H2,1H3. The molecule has 1 aliphatic rings. The van der Waals surface area contributed by atoms with Gasteiger partial charge >= 0.3 is 0 Å². The largest absolute Gasteiger partial charge is 0.258 e. The van der Waals surface area contributed by atoms with Gasteiger partial charge in [0.05, 0.1) is 0 Å². The minimum atomic E-state index is 0.981. The van der Waals surface area contributed by atoms with Gasteiger partial charge < -0.3 is 0 Å². The molecule has 1 saturated carbocycles. The fourth-order valence-corrected chi connectivity index (χ4v) is 0.752. The molecule has 9 heavy (non-hydrogen) atoms. The molecule has 2 N–H and O–H groups in total. The number of nitrogens with one attached hydrogen (secondary N) is 2. The quantitative estimate of drug-likeness (QED) is 0.424. The van der Waals surface area contributed by atoms with E-state index in [-0.39, 0.29) is 0 Å². The maximum absolute atomic E-state index is 3.20. The first-order valence-corrected chi connectivity index (χ1v) is 3.89. The van der Waals surface area contributed by atoms with Crippen molar-refractivity contribution >= 4 is 0 Å². The molecule has 0 amide bonds. The van der Waals surface area contributed by atoms with Crippen molar-refractivity contribution in [3.05, 3.63) is 0 Å². The predicted molar refractivity (Wildman–Crippen MR) is 39.0 cm³/mol. The van der Waals surface area contributed by atoms with E-state index in [9.17, 15) is 0 Å². The average molecular weight is 128 g/mol. The van der Waals surface area contributed by atoms with E-state index in [1.54, 1.807) is 0 Å². The van der Waals surface area contributed by atoms with Gasteiger partial charge in [0, 0.05) is 13.1 Å². The van der Waals surface area contributed by atoms with Crippen LogP contribution in [0.3, 0.4) is 0 Å². The third-order valence-electron chi connectivity index (χ3n) is 1.59. The van der Waals surface area contributed by atoms with Crippen LogP contribution in [-0.2, 0) is 0 Å². The molecule has 0 spiro atoms. The molecule has 0 saturated heterocycles. The lowest BCUT2D eigenvalue weighted by molar-refractivity contribution is 0.510. The minimum absolute atomic E-state index is 0.981. The molecule has 2 heteroatoms. The second-order valence-electron chi connectivity index (χ2n) is 2.75. The van der Waals surface area contributed by atoms with Crippen molar-refractivity contribution < 1.29 is 0 Å². The van der Waals surface area contributed by atoms with E-state index in [2.05, 4.69) is 17.8 Å². The van der Waals surface area contributed by atoms with Crippen molar-refractivity contribution in [2.45, 2.75) is 26.2 Å². The Bertz CT molecular complexity index is 69.3. The Morgan fingerprint density at radius 3 is 2.67 bits per heavy atom. The Kier molecular flexibility index (Phi) is 3.01. The highest BCUT2D eigenvalue weighted by molar-refractivity contribution is 4.74. The Labute approximate surface area is 57.0 Å². The Morgan fingerprint density at radius 2 is 2.11 bits per heavy atom. The highest BCUT2D eigenvalue weighted by Crippen LogP contribution is 2.27. The van der Waals surface area contributed by atoms with Crippen LogP contribution in [0, 0.1) is 5.92 Å². The first-order valence-electron chi connectivity index (χ1n) is 3.89. The smallest absolute Gasteiger partial charge is 0.0128 e. The van der Waals surface area contributed by atoms with E-state index in [4.69, 9.17) is 0 Å². The van der Waals surface area contributed by atoms with Crippen LogP contribution in [0.25, 0.3) is 0 Å². The molecular formula is C7H16N2. The molecule has 54 valence electrons. The fraction of sp³-hybridized carbons (Fsp3) is 1.00. The molecule has 0 atom stereocenters. The zero-order valence-electron chi connectivity index (χ0n) is 6.11. The summed E-state index contributed by atoms with van der Waals surface area (Å²) in [4.78, 5) is 0. The summed E-state index contributed by atoms with van der Waals surface area (Å²) in [7, 11) is 0. The van der Waals surface area contributed by atoms with Crippen LogP contribution < -0.4 is 10.9 Å². The average Bonchev–Trinajstić information content (AvgIpc) is 2.63. The Morgan fingerprint density at radius 1 is 1.33 bits per heavy atom. The Balaban J connectivity index is 1.71. The Hall–Kier alpha value is -0.0800. The summed E-state index contributed by atoms with van der Waals surface area (Å²) in [5.74, 6) is 0.981. The van der Waals surface area contributed by atoms with Crippen LogP contribution in [-0.4, -0.2) is 13.1 Å². The molecule has 0 aromatic carbocycles. The van der Waals surface area contributed by atoms with Gasteiger partial charge in [-0.25, -0.2) is 0 Å². The second-order valence-corrected chi connectivity index (χ2v) is 2.75. The summed E-state index contributed by atoms with van der Waals surface area (Å²) in [6.45, 7) is 4.43. The van der Waals surface area contributed by atoms with Crippen LogP contribution in [0.15, 0.2) is 0 Å². The van der Waals surface area contributed by atoms with E-state index < -0.39 is 0 Å². The van der Waals surface area contributed by atoms with E-state index >= 15 is 0 Å². The number of rotatable bonds is 5. The summed E-state index contributed by atoms with van der Waals surface area (Å²) < 4.78 is 0. The van der Waals surface area contributed by atoms with Crippen LogP contribution in [0.2, 0.25) is 0 Å². The summed E-state index contributed by atoms with van der Waals surface area (Å²) in [5, 5.41) is 0. The van der Waals surface area contributed by atoms with Crippen molar-refractivity contribution in [3.8, 4) is 0 Å². The number of hydrogen-bond donors (Lipinski definition) is 2. The molecule has 2 nitrogen and oxygen atoms in total. The summed E-state index contributed by atoms with van der Waals surface area (Å²) in [6, 6.07) is 0. The van der Waals surface area contributed by atoms with Crippen molar-refractivity contribution in [1.82, 2.24) is 10.9 Å². The zero-order chi connectivity index (χ0) is 6.53. The van der Waals surface area contributed by atoms with Crippen molar-refractivity contribution in [2.75, 3.05) is 13.1 Å².